The molecule has 0 spiro atoms. The maximum Gasteiger partial charge on any atom is 0.321 e. The molecule has 0 radical (unpaired) electrons. The van der Waals surface area contributed by atoms with Crippen molar-refractivity contribution in [2.24, 2.45) is 0 Å². The van der Waals surface area contributed by atoms with E-state index in [0.29, 0.717) is 16.9 Å². The molecule has 7 heteroatoms. The van der Waals surface area contributed by atoms with Gasteiger partial charge in [0.05, 0.1) is 0 Å². The van der Waals surface area contributed by atoms with Crippen LogP contribution < -0.4 is 4.74 Å². The molecular weight excluding hydrogens is 404 g/mol. The Labute approximate surface area is 157 Å². The summed E-state index contributed by atoms with van der Waals surface area (Å²) in [5.41, 5.74) is 2.87. The average molecular weight is 419 g/mol. The number of esters is 1. The van der Waals surface area contributed by atoms with Crippen LogP contribution in [0.5, 0.6) is 5.75 Å². The number of ether oxygens (including phenoxy) is 1. The lowest BCUT2D eigenvalue weighted by Crippen LogP contribution is -2.11. The van der Waals surface area contributed by atoms with E-state index in [1.54, 1.807) is 6.07 Å². The maximum absolute atomic E-state index is 12.0. The summed E-state index contributed by atoms with van der Waals surface area (Å²) in [7, 11) is 0. The summed E-state index contributed by atoms with van der Waals surface area (Å²) >= 11 is 4.53. The highest BCUT2D eigenvalue weighted by atomic mass is 79.9. The third-order valence-corrected chi connectivity index (χ3v) is 4.69. The lowest BCUT2D eigenvalue weighted by atomic mass is 10.1. The van der Waals surface area contributed by atoms with E-state index in [1.165, 1.54) is 0 Å². The molecule has 0 fully saturated rings. The standard InChI is InChI=1S/C18H15BrN2O3S/c1-11-3-8-15(12(2)9-11)23-16(22)10-25-18-21-20-17(24-18)13-4-6-14(19)7-5-13/h3-9H,10H2,1-2H3. The number of carbonyl (C=O) groups is 1. The summed E-state index contributed by atoms with van der Waals surface area (Å²) in [6.45, 7) is 3.90. The van der Waals surface area contributed by atoms with Crippen LogP contribution in [0.25, 0.3) is 11.5 Å². The Bertz CT molecular complexity index is 894. The highest BCUT2D eigenvalue weighted by Crippen LogP contribution is 2.25. The van der Waals surface area contributed by atoms with Gasteiger partial charge < -0.3 is 9.15 Å². The third kappa shape index (κ3) is 4.70. The molecule has 0 bridgehead atoms. The number of carbonyl (C=O) groups excluding carboxylic acids is 1. The second-order valence-corrected chi connectivity index (χ2v) is 7.25. The Balaban J connectivity index is 1.58. The van der Waals surface area contributed by atoms with E-state index < -0.39 is 0 Å². The zero-order valence-corrected chi connectivity index (χ0v) is 16.1. The molecule has 0 amide bonds. The van der Waals surface area contributed by atoms with Crippen LogP contribution in [0, 0.1) is 13.8 Å². The molecule has 0 atom stereocenters. The summed E-state index contributed by atoms with van der Waals surface area (Å²) in [6.07, 6.45) is 0. The summed E-state index contributed by atoms with van der Waals surface area (Å²) < 4.78 is 11.9. The van der Waals surface area contributed by atoms with E-state index >= 15 is 0 Å². The Morgan fingerprint density at radius 3 is 2.64 bits per heavy atom. The van der Waals surface area contributed by atoms with E-state index in [-0.39, 0.29) is 11.7 Å². The van der Waals surface area contributed by atoms with Gasteiger partial charge in [0.1, 0.15) is 11.5 Å². The Morgan fingerprint density at radius 2 is 1.92 bits per heavy atom. The molecule has 0 saturated heterocycles. The summed E-state index contributed by atoms with van der Waals surface area (Å²) in [4.78, 5) is 12.0. The molecule has 0 saturated carbocycles. The van der Waals surface area contributed by atoms with Gasteiger partial charge in [0.15, 0.2) is 0 Å². The van der Waals surface area contributed by atoms with Gasteiger partial charge in [0, 0.05) is 10.0 Å². The molecule has 1 heterocycles. The Hall–Kier alpha value is -2.12. The zero-order chi connectivity index (χ0) is 17.8. The minimum absolute atomic E-state index is 0.0925. The molecule has 25 heavy (non-hydrogen) atoms. The van der Waals surface area contributed by atoms with Crippen molar-refractivity contribution in [2.75, 3.05) is 5.75 Å². The molecule has 2 aromatic carbocycles. The first-order valence-corrected chi connectivity index (χ1v) is 9.29. The van der Waals surface area contributed by atoms with E-state index in [1.807, 2.05) is 50.2 Å². The Morgan fingerprint density at radius 1 is 1.16 bits per heavy atom. The SMILES string of the molecule is Cc1ccc(OC(=O)CSc2nnc(-c3ccc(Br)cc3)o2)c(C)c1. The molecule has 0 aliphatic carbocycles. The highest BCUT2D eigenvalue weighted by molar-refractivity contribution is 9.10. The van der Waals surface area contributed by atoms with Crippen LogP contribution in [0.2, 0.25) is 0 Å². The van der Waals surface area contributed by atoms with Crippen LogP contribution in [0.1, 0.15) is 11.1 Å². The van der Waals surface area contributed by atoms with Gasteiger partial charge in [-0.3, -0.25) is 4.79 Å². The molecule has 3 aromatic rings. The van der Waals surface area contributed by atoms with Gasteiger partial charge in [-0.15, -0.1) is 10.2 Å². The first-order valence-electron chi connectivity index (χ1n) is 7.51. The molecule has 128 valence electrons. The predicted molar refractivity (Wildman–Crippen MR) is 99.7 cm³/mol. The van der Waals surface area contributed by atoms with Crippen molar-refractivity contribution in [1.82, 2.24) is 10.2 Å². The fourth-order valence-corrected chi connectivity index (χ4v) is 2.96. The van der Waals surface area contributed by atoms with Gasteiger partial charge >= 0.3 is 5.97 Å². The van der Waals surface area contributed by atoms with Crippen molar-refractivity contribution in [3.63, 3.8) is 0 Å². The lowest BCUT2D eigenvalue weighted by molar-refractivity contribution is -0.131. The summed E-state index contributed by atoms with van der Waals surface area (Å²) in [5, 5.41) is 8.28. The summed E-state index contributed by atoms with van der Waals surface area (Å²) in [6, 6.07) is 13.2. The molecule has 0 N–H and O–H groups in total. The van der Waals surface area contributed by atoms with Crippen molar-refractivity contribution in [3.8, 4) is 17.2 Å². The van der Waals surface area contributed by atoms with Crippen LogP contribution in [0.3, 0.4) is 0 Å². The quantitative estimate of drug-likeness (QED) is 0.336. The number of benzene rings is 2. The molecule has 0 aliphatic heterocycles. The van der Waals surface area contributed by atoms with Crippen molar-refractivity contribution >= 4 is 33.7 Å². The predicted octanol–water partition coefficient (Wildman–Crippen LogP) is 4.81. The topological polar surface area (TPSA) is 65.2 Å². The number of aromatic nitrogens is 2. The molecule has 3 rings (SSSR count). The fourth-order valence-electron chi connectivity index (χ4n) is 2.16. The van der Waals surface area contributed by atoms with Gasteiger partial charge in [-0.1, -0.05) is 45.4 Å². The van der Waals surface area contributed by atoms with Crippen LogP contribution in [0.15, 0.2) is 56.6 Å². The van der Waals surface area contributed by atoms with Crippen molar-refractivity contribution in [3.05, 3.63) is 58.1 Å². The first-order chi connectivity index (χ1) is 12.0. The van der Waals surface area contributed by atoms with Crippen molar-refractivity contribution < 1.29 is 13.9 Å². The number of hydrogen-bond acceptors (Lipinski definition) is 6. The number of thioether (sulfide) groups is 1. The fraction of sp³-hybridized carbons (Fsp3) is 0.167. The minimum Gasteiger partial charge on any atom is -0.426 e. The zero-order valence-electron chi connectivity index (χ0n) is 13.7. The lowest BCUT2D eigenvalue weighted by Gasteiger charge is -2.07. The largest absolute Gasteiger partial charge is 0.426 e. The van der Waals surface area contributed by atoms with E-state index in [2.05, 4.69) is 26.1 Å². The van der Waals surface area contributed by atoms with Crippen LogP contribution in [-0.2, 0) is 4.79 Å². The van der Waals surface area contributed by atoms with E-state index in [0.717, 1.165) is 32.9 Å². The van der Waals surface area contributed by atoms with E-state index in [9.17, 15) is 4.79 Å². The van der Waals surface area contributed by atoms with Gasteiger partial charge in [0.25, 0.3) is 5.22 Å². The molecule has 1 aromatic heterocycles. The summed E-state index contributed by atoms with van der Waals surface area (Å²) in [5.74, 6) is 0.713. The number of hydrogen-bond donors (Lipinski definition) is 0. The molecular formula is C18H15BrN2O3S. The van der Waals surface area contributed by atoms with Gasteiger partial charge in [0.2, 0.25) is 5.89 Å². The van der Waals surface area contributed by atoms with Crippen LogP contribution in [0.4, 0.5) is 0 Å². The third-order valence-electron chi connectivity index (χ3n) is 3.37. The average Bonchev–Trinajstić information content (AvgIpc) is 3.05. The molecule has 0 aliphatic rings. The van der Waals surface area contributed by atoms with Gasteiger partial charge in [-0.2, -0.15) is 0 Å². The Kier molecular flexibility index (Phi) is 5.55. The number of nitrogens with zero attached hydrogens (tertiary/aromatic N) is 2. The molecule has 0 unspecified atom stereocenters. The number of halogens is 1. The number of rotatable bonds is 5. The second kappa shape index (κ2) is 7.84. The first kappa shape index (κ1) is 17.7. The second-order valence-electron chi connectivity index (χ2n) is 5.41. The van der Waals surface area contributed by atoms with Crippen molar-refractivity contribution in [1.29, 1.82) is 0 Å². The number of aryl methyl sites for hydroxylation is 2. The smallest absolute Gasteiger partial charge is 0.321 e. The van der Waals surface area contributed by atoms with Gasteiger partial charge in [-0.05, 0) is 49.7 Å². The highest BCUT2D eigenvalue weighted by Gasteiger charge is 2.13. The van der Waals surface area contributed by atoms with Crippen molar-refractivity contribution in [2.45, 2.75) is 19.1 Å². The van der Waals surface area contributed by atoms with Crippen LogP contribution >= 0.6 is 27.7 Å². The monoisotopic (exact) mass is 418 g/mol. The van der Waals surface area contributed by atoms with Gasteiger partial charge in [-0.25, -0.2) is 0 Å². The maximum atomic E-state index is 12.0. The minimum atomic E-state index is -0.361. The van der Waals surface area contributed by atoms with E-state index in [4.69, 9.17) is 9.15 Å². The normalized spacial score (nSPS) is 10.7. The molecule has 5 nitrogen and oxygen atoms in total. The van der Waals surface area contributed by atoms with Crippen LogP contribution in [-0.4, -0.2) is 21.9 Å².